The summed E-state index contributed by atoms with van der Waals surface area (Å²) in [6.07, 6.45) is 2.66. The van der Waals surface area contributed by atoms with Crippen LogP contribution in [0.3, 0.4) is 0 Å². The number of nitrogens with zero attached hydrogens (tertiary/aromatic N) is 2. The van der Waals surface area contributed by atoms with E-state index in [1.54, 1.807) is 0 Å². The summed E-state index contributed by atoms with van der Waals surface area (Å²) in [5, 5.41) is 6.39. The summed E-state index contributed by atoms with van der Waals surface area (Å²) in [6, 6.07) is 21.7. The van der Waals surface area contributed by atoms with E-state index in [9.17, 15) is 4.79 Å². The van der Waals surface area contributed by atoms with E-state index in [-0.39, 0.29) is 5.91 Å². The fourth-order valence-electron chi connectivity index (χ4n) is 3.79. The summed E-state index contributed by atoms with van der Waals surface area (Å²) < 4.78 is 5.41. The third kappa shape index (κ3) is 5.93. The van der Waals surface area contributed by atoms with Crippen LogP contribution in [0.15, 0.2) is 72.9 Å². The number of nitrogens with one attached hydrogen (secondary N) is 2. The molecule has 6 heteroatoms. The Hall–Kier alpha value is -3.22. The Labute approximate surface area is 189 Å². The second-order valence-electron chi connectivity index (χ2n) is 8.02. The van der Waals surface area contributed by atoms with E-state index in [4.69, 9.17) is 4.74 Å². The van der Waals surface area contributed by atoms with Crippen LogP contribution in [-0.2, 0) is 16.0 Å². The van der Waals surface area contributed by atoms with Gasteiger partial charge in [0.25, 0.3) is 0 Å². The van der Waals surface area contributed by atoms with Gasteiger partial charge in [-0.05, 0) is 36.6 Å². The topological polar surface area (TPSA) is 66.5 Å². The van der Waals surface area contributed by atoms with E-state index in [0.29, 0.717) is 12.4 Å². The summed E-state index contributed by atoms with van der Waals surface area (Å²) in [5.74, 6) is 0.431. The number of anilines is 2. The molecule has 166 valence electrons. The normalized spacial score (nSPS) is 14.7. The molecule has 6 nitrogen and oxygen atoms in total. The molecule has 0 aliphatic carbocycles. The summed E-state index contributed by atoms with van der Waals surface area (Å²) in [5.41, 5.74) is 4.46. The molecule has 2 N–H and O–H groups in total. The standard InChI is InChI=1S/C26H30N4O2/c1-20-7-9-21(10-8-20)13-14-27-25(22-5-3-2-4-6-22)26(31)29-24-12-11-23(19-28-24)30-15-17-32-18-16-30/h2-12,19,25,27H,13-18H2,1H3,(H,28,29,31)/t25-/m1/s1. The maximum atomic E-state index is 13.1. The highest BCUT2D eigenvalue weighted by Crippen LogP contribution is 2.19. The SMILES string of the molecule is Cc1ccc(CCN[C@@H](C(=O)Nc2ccc(N3CCOCC3)cn2)c2ccccc2)cc1. The van der Waals surface area contributed by atoms with Crippen LogP contribution in [0.5, 0.6) is 0 Å². The van der Waals surface area contributed by atoms with E-state index in [1.807, 2.05) is 48.7 Å². The van der Waals surface area contributed by atoms with Crippen LogP contribution in [0.1, 0.15) is 22.7 Å². The Balaban J connectivity index is 1.40. The van der Waals surface area contributed by atoms with Crippen molar-refractivity contribution >= 4 is 17.4 Å². The van der Waals surface area contributed by atoms with E-state index < -0.39 is 6.04 Å². The Morgan fingerprint density at radius 2 is 1.78 bits per heavy atom. The number of morpholine rings is 1. The molecule has 2 aromatic carbocycles. The first kappa shape index (κ1) is 22.0. The van der Waals surface area contributed by atoms with Crippen molar-refractivity contribution in [2.45, 2.75) is 19.4 Å². The van der Waals surface area contributed by atoms with Crippen molar-refractivity contribution in [1.29, 1.82) is 0 Å². The molecule has 4 rings (SSSR count). The fraction of sp³-hybridized carbons (Fsp3) is 0.308. The van der Waals surface area contributed by atoms with Gasteiger partial charge in [-0.15, -0.1) is 0 Å². The molecule has 0 radical (unpaired) electrons. The maximum Gasteiger partial charge on any atom is 0.247 e. The Bertz CT molecular complexity index is 985. The predicted octanol–water partition coefficient (Wildman–Crippen LogP) is 3.74. The molecule has 1 atom stereocenters. The van der Waals surface area contributed by atoms with Gasteiger partial charge in [-0.25, -0.2) is 4.98 Å². The van der Waals surface area contributed by atoms with Crippen LogP contribution in [0, 0.1) is 6.92 Å². The fourth-order valence-corrected chi connectivity index (χ4v) is 3.79. The van der Waals surface area contributed by atoms with Gasteiger partial charge in [0.1, 0.15) is 11.9 Å². The number of benzene rings is 2. The average molecular weight is 431 g/mol. The first-order chi connectivity index (χ1) is 15.7. The number of amides is 1. The smallest absolute Gasteiger partial charge is 0.247 e. The minimum atomic E-state index is -0.456. The second kappa shape index (κ2) is 10.9. The largest absolute Gasteiger partial charge is 0.378 e. The number of hydrogen-bond acceptors (Lipinski definition) is 5. The highest BCUT2D eigenvalue weighted by molar-refractivity contribution is 5.94. The number of carbonyl (C=O) groups excluding carboxylic acids is 1. The van der Waals surface area contributed by atoms with Crippen LogP contribution in [0.2, 0.25) is 0 Å². The Morgan fingerprint density at radius 1 is 1.03 bits per heavy atom. The Kier molecular flexibility index (Phi) is 7.48. The molecule has 1 amide bonds. The van der Waals surface area contributed by atoms with Gasteiger partial charge in [0.15, 0.2) is 0 Å². The van der Waals surface area contributed by atoms with Crippen molar-refractivity contribution in [3.63, 3.8) is 0 Å². The minimum Gasteiger partial charge on any atom is -0.378 e. The lowest BCUT2D eigenvalue weighted by molar-refractivity contribution is -0.118. The van der Waals surface area contributed by atoms with Gasteiger partial charge >= 0.3 is 0 Å². The number of aromatic nitrogens is 1. The van der Waals surface area contributed by atoms with Crippen molar-refractivity contribution in [1.82, 2.24) is 10.3 Å². The van der Waals surface area contributed by atoms with E-state index >= 15 is 0 Å². The van der Waals surface area contributed by atoms with Crippen molar-refractivity contribution in [2.75, 3.05) is 43.1 Å². The molecular weight excluding hydrogens is 400 g/mol. The first-order valence-electron chi connectivity index (χ1n) is 11.1. The summed E-state index contributed by atoms with van der Waals surface area (Å²) >= 11 is 0. The van der Waals surface area contributed by atoms with Gasteiger partial charge in [-0.2, -0.15) is 0 Å². The van der Waals surface area contributed by atoms with Gasteiger partial charge in [0.05, 0.1) is 25.1 Å². The molecule has 1 aliphatic rings. The van der Waals surface area contributed by atoms with Gasteiger partial charge in [-0.1, -0.05) is 60.2 Å². The lowest BCUT2D eigenvalue weighted by atomic mass is 10.1. The minimum absolute atomic E-state index is 0.119. The van der Waals surface area contributed by atoms with Crippen LogP contribution in [0.25, 0.3) is 0 Å². The summed E-state index contributed by atoms with van der Waals surface area (Å²) in [6.45, 7) is 5.94. The average Bonchev–Trinajstić information content (AvgIpc) is 2.84. The predicted molar refractivity (Wildman–Crippen MR) is 128 cm³/mol. The molecule has 0 unspecified atom stereocenters. The second-order valence-corrected chi connectivity index (χ2v) is 8.02. The Morgan fingerprint density at radius 3 is 2.47 bits per heavy atom. The highest BCUT2D eigenvalue weighted by Gasteiger charge is 2.20. The third-order valence-electron chi connectivity index (χ3n) is 5.65. The molecule has 0 bridgehead atoms. The zero-order valence-corrected chi connectivity index (χ0v) is 18.5. The molecule has 0 saturated carbocycles. The molecule has 1 aliphatic heterocycles. The number of carbonyl (C=O) groups is 1. The van der Waals surface area contributed by atoms with Crippen molar-refractivity contribution in [3.05, 3.63) is 89.6 Å². The van der Waals surface area contributed by atoms with Crippen molar-refractivity contribution in [3.8, 4) is 0 Å². The molecule has 1 fully saturated rings. The van der Waals surface area contributed by atoms with Crippen molar-refractivity contribution < 1.29 is 9.53 Å². The van der Waals surface area contributed by atoms with Gasteiger partial charge < -0.3 is 20.3 Å². The molecule has 0 spiro atoms. The zero-order chi connectivity index (χ0) is 22.2. The number of aryl methyl sites for hydroxylation is 1. The first-order valence-corrected chi connectivity index (χ1v) is 11.1. The molecule has 2 heterocycles. The number of hydrogen-bond donors (Lipinski definition) is 2. The molecule has 1 aromatic heterocycles. The van der Waals surface area contributed by atoms with Crippen LogP contribution >= 0.6 is 0 Å². The summed E-state index contributed by atoms with van der Waals surface area (Å²) in [4.78, 5) is 19.8. The molecule has 3 aromatic rings. The van der Waals surface area contributed by atoms with E-state index in [1.165, 1.54) is 11.1 Å². The number of rotatable bonds is 8. The molecule has 32 heavy (non-hydrogen) atoms. The van der Waals surface area contributed by atoms with Crippen LogP contribution in [0.4, 0.5) is 11.5 Å². The van der Waals surface area contributed by atoms with Gasteiger partial charge in [0.2, 0.25) is 5.91 Å². The monoisotopic (exact) mass is 430 g/mol. The summed E-state index contributed by atoms with van der Waals surface area (Å²) in [7, 11) is 0. The van der Waals surface area contributed by atoms with Gasteiger partial charge in [0, 0.05) is 19.6 Å². The zero-order valence-electron chi connectivity index (χ0n) is 18.5. The van der Waals surface area contributed by atoms with E-state index in [2.05, 4.69) is 51.7 Å². The van der Waals surface area contributed by atoms with E-state index in [0.717, 1.165) is 44.0 Å². The molecular formula is C26H30N4O2. The quantitative estimate of drug-likeness (QED) is 0.570. The number of ether oxygens (including phenoxy) is 1. The lowest BCUT2D eigenvalue weighted by Gasteiger charge is -2.28. The molecule has 1 saturated heterocycles. The highest BCUT2D eigenvalue weighted by atomic mass is 16.5. The third-order valence-corrected chi connectivity index (χ3v) is 5.65. The van der Waals surface area contributed by atoms with Crippen LogP contribution in [-0.4, -0.2) is 43.7 Å². The van der Waals surface area contributed by atoms with Gasteiger partial charge in [-0.3, -0.25) is 4.79 Å². The maximum absolute atomic E-state index is 13.1. The lowest BCUT2D eigenvalue weighted by Crippen LogP contribution is -2.36. The number of pyridine rings is 1. The van der Waals surface area contributed by atoms with Crippen molar-refractivity contribution in [2.24, 2.45) is 0 Å². The van der Waals surface area contributed by atoms with Crippen LogP contribution < -0.4 is 15.5 Å².